The lowest BCUT2D eigenvalue weighted by atomic mass is 10.3. The van der Waals surface area contributed by atoms with Crippen molar-refractivity contribution >= 4 is 15.9 Å². The monoisotopic (exact) mass is 203 g/mol. The summed E-state index contributed by atoms with van der Waals surface area (Å²) in [6.45, 7) is 0.978. The van der Waals surface area contributed by atoms with Crippen LogP contribution in [0.4, 0.5) is 0 Å². The Hall–Kier alpha value is -0.380. The quantitative estimate of drug-likeness (QED) is 0.549. The minimum Gasteiger partial charge on any atom is -0.253 e. The Morgan fingerprint density at radius 3 is 2.90 bits per heavy atom. The van der Waals surface area contributed by atoms with Crippen molar-refractivity contribution in [3.05, 3.63) is 12.7 Å². The lowest BCUT2D eigenvalue weighted by molar-refractivity contribution is 0.573. The van der Waals surface area contributed by atoms with Crippen LogP contribution in [0.15, 0.2) is 12.7 Å². The second-order valence-electron chi connectivity index (χ2n) is 2.05. The molecule has 3 nitrogen and oxygen atoms in total. The van der Waals surface area contributed by atoms with Gasteiger partial charge < -0.3 is 0 Å². The number of nitrogens with zero attached hydrogens (tertiary/aromatic N) is 3. The molecule has 0 aromatic carbocycles. The molecule has 0 aliphatic heterocycles. The van der Waals surface area contributed by atoms with Gasteiger partial charge in [-0.2, -0.15) is 5.10 Å². The summed E-state index contributed by atoms with van der Waals surface area (Å²) in [4.78, 5) is 3.84. The van der Waals surface area contributed by atoms with Gasteiger partial charge in [0.1, 0.15) is 12.7 Å². The van der Waals surface area contributed by atoms with Crippen molar-refractivity contribution in [2.45, 2.75) is 19.4 Å². The number of alkyl halides is 1. The van der Waals surface area contributed by atoms with Gasteiger partial charge in [0, 0.05) is 11.9 Å². The molecule has 0 fully saturated rings. The van der Waals surface area contributed by atoms with E-state index in [0.717, 1.165) is 18.3 Å². The second-order valence-corrected chi connectivity index (χ2v) is 2.85. The Morgan fingerprint density at radius 1 is 1.40 bits per heavy atom. The topological polar surface area (TPSA) is 30.7 Å². The van der Waals surface area contributed by atoms with E-state index in [9.17, 15) is 0 Å². The van der Waals surface area contributed by atoms with Crippen LogP contribution in [-0.4, -0.2) is 20.1 Å². The Labute approximate surface area is 68.6 Å². The third-order valence-corrected chi connectivity index (χ3v) is 1.80. The molecule has 56 valence electrons. The van der Waals surface area contributed by atoms with Crippen LogP contribution in [0, 0.1) is 0 Å². The number of hydrogen-bond acceptors (Lipinski definition) is 2. The summed E-state index contributed by atoms with van der Waals surface area (Å²) >= 11 is 3.37. The first-order valence-electron chi connectivity index (χ1n) is 3.32. The number of aromatic nitrogens is 3. The van der Waals surface area contributed by atoms with Crippen molar-refractivity contribution in [3.63, 3.8) is 0 Å². The van der Waals surface area contributed by atoms with E-state index in [-0.39, 0.29) is 0 Å². The third kappa shape index (κ3) is 2.47. The average Bonchev–Trinajstić information content (AvgIpc) is 2.41. The maximum absolute atomic E-state index is 3.98. The van der Waals surface area contributed by atoms with Crippen molar-refractivity contribution in [3.8, 4) is 0 Å². The lowest BCUT2D eigenvalue weighted by Gasteiger charge is -1.96. The van der Waals surface area contributed by atoms with Crippen LogP contribution in [0.3, 0.4) is 0 Å². The fourth-order valence-electron chi connectivity index (χ4n) is 0.716. The van der Waals surface area contributed by atoms with Crippen LogP contribution in [0.2, 0.25) is 0 Å². The normalized spacial score (nSPS) is 10.1. The van der Waals surface area contributed by atoms with Crippen LogP contribution >= 0.6 is 15.9 Å². The molecule has 0 aliphatic carbocycles. The summed E-state index contributed by atoms with van der Waals surface area (Å²) in [5.41, 5.74) is 0. The van der Waals surface area contributed by atoms with Gasteiger partial charge in [0.2, 0.25) is 0 Å². The van der Waals surface area contributed by atoms with Crippen LogP contribution in [0.1, 0.15) is 12.8 Å². The maximum Gasteiger partial charge on any atom is 0.137 e. The first-order valence-corrected chi connectivity index (χ1v) is 4.44. The van der Waals surface area contributed by atoms with Crippen LogP contribution in [0.5, 0.6) is 0 Å². The number of rotatable bonds is 4. The predicted octanol–water partition coefficient (Wildman–Crippen LogP) is 1.45. The standard InChI is InChI=1S/C6H10BrN3/c7-3-1-2-4-10-6-8-5-9-10/h5-6H,1-4H2. The van der Waals surface area contributed by atoms with Crippen molar-refractivity contribution in [2.75, 3.05) is 5.33 Å². The SMILES string of the molecule is BrCCCCn1cncn1. The van der Waals surface area contributed by atoms with Gasteiger partial charge in [-0.05, 0) is 12.8 Å². The average molecular weight is 204 g/mol. The molecule has 0 radical (unpaired) electrons. The summed E-state index contributed by atoms with van der Waals surface area (Å²) in [6, 6.07) is 0. The van der Waals surface area contributed by atoms with E-state index in [4.69, 9.17) is 0 Å². The Balaban J connectivity index is 2.15. The van der Waals surface area contributed by atoms with Crippen LogP contribution in [-0.2, 0) is 6.54 Å². The zero-order chi connectivity index (χ0) is 7.23. The van der Waals surface area contributed by atoms with E-state index < -0.39 is 0 Å². The fraction of sp³-hybridized carbons (Fsp3) is 0.667. The highest BCUT2D eigenvalue weighted by Gasteiger charge is 1.89. The molecule has 4 heteroatoms. The number of hydrogen-bond donors (Lipinski definition) is 0. The van der Waals surface area contributed by atoms with Crippen molar-refractivity contribution in [2.24, 2.45) is 0 Å². The molecule has 0 atom stereocenters. The first-order chi connectivity index (χ1) is 4.93. The molecular weight excluding hydrogens is 194 g/mol. The van der Waals surface area contributed by atoms with E-state index in [1.54, 1.807) is 12.7 Å². The fourth-order valence-corrected chi connectivity index (χ4v) is 1.11. The zero-order valence-electron chi connectivity index (χ0n) is 5.70. The molecule has 0 aliphatic rings. The largest absolute Gasteiger partial charge is 0.253 e. The van der Waals surface area contributed by atoms with E-state index >= 15 is 0 Å². The molecule has 0 unspecified atom stereocenters. The maximum atomic E-state index is 3.98. The Kier molecular flexibility index (Phi) is 3.43. The number of unbranched alkanes of at least 4 members (excludes halogenated alkanes) is 1. The molecule has 0 N–H and O–H groups in total. The van der Waals surface area contributed by atoms with Gasteiger partial charge >= 0.3 is 0 Å². The van der Waals surface area contributed by atoms with E-state index in [0.29, 0.717) is 0 Å². The summed E-state index contributed by atoms with van der Waals surface area (Å²) < 4.78 is 1.85. The minimum absolute atomic E-state index is 0.978. The molecule has 0 spiro atoms. The Morgan fingerprint density at radius 2 is 2.30 bits per heavy atom. The molecule has 0 saturated carbocycles. The molecule has 1 heterocycles. The summed E-state index contributed by atoms with van der Waals surface area (Å²) in [5.74, 6) is 0. The van der Waals surface area contributed by atoms with Gasteiger partial charge in [0.15, 0.2) is 0 Å². The number of halogens is 1. The Bertz CT molecular complexity index is 162. The molecule has 1 rings (SSSR count). The molecule has 1 aromatic rings. The number of aryl methyl sites for hydroxylation is 1. The summed E-state index contributed by atoms with van der Waals surface area (Å²) in [6.07, 6.45) is 5.66. The highest BCUT2D eigenvalue weighted by molar-refractivity contribution is 9.09. The smallest absolute Gasteiger partial charge is 0.137 e. The van der Waals surface area contributed by atoms with E-state index in [2.05, 4.69) is 26.0 Å². The molecular formula is C6H10BrN3. The van der Waals surface area contributed by atoms with E-state index in [1.807, 2.05) is 4.68 Å². The summed E-state index contributed by atoms with van der Waals surface area (Å²) in [5, 5.41) is 5.05. The van der Waals surface area contributed by atoms with E-state index in [1.165, 1.54) is 6.42 Å². The van der Waals surface area contributed by atoms with Crippen LogP contribution < -0.4 is 0 Å². The molecule has 0 saturated heterocycles. The van der Waals surface area contributed by atoms with Crippen molar-refractivity contribution in [1.29, 1.82) is 0 Å². The third-order valence-electron chi connectivity index (χ3n) is 1.24. The molecule has 10 heavy (non-hydrogen) atoms. The second kappa shape index (κ2) is 4.44. The van der Waals surface area contributed by atoms with Crippen molar-refractivity contribution < 1.29 is 0 Å². The van der Waals surface area contributed by atoms with Gasteiger partial charge in [-0.15, -0.1) is 0 Å². The first kappa shape index (κ1) is 7.72. The zero-order valence-corrected chi connectivity index (χ0v) is 7.29. The van der Waals surface area contributed by atoms with Gasteiger partial charge in [-0.1, -0.05) is 15.9 Å². The predicted molar refractivity (Wildman–Crippen MR) is 43.1 cm³/mol. The van der Waals surface area contributed by atoms with Crippen molar-refractivity contribution in [1.82, 2.24) is 14.8 Å². The molecule has 0 bridgehead atoms. The van der Waals surface area contributed by atoms with Gasteiger partial charge in [0.05, 0.1) is 0 Å². The lowest BCUT2D eigenvalue weighted by Crippen LogP contribution is -1.97. The van der Waals surface area contributed by atoms with Gasteiger partial charge in [0.25, 0.3) is 0 Å². The minimum atomic E-state index is 0.978. The summed E-state index contributed by atoms with van der Waals surface area (Å²) in [7, 11) is 0. The highest BCUT2D eigenvalue weighted by atomic mass is 79.9. The highest BCUT2D eigenvalue weighted by Crippen LogP contribution is 1.95. The van der Waals surface area contributed by atoms with Crippen LogP contribution in [0.25, 0.3) is 0 Å². The molecule has 1 aromatic heterocycles. The molecule has 0 amide bonds. The van der Waals surface area contributed by atoms with Gasteiger partial charge in [-0.3, -0.25) is 4.68 Å². The van der Waals surface area contributed by atoms with Gasteiger partial charge in [-0.25, -0.2) is 4.98 Å².